The smallest absolute Gasteiger partial charge is 0.237 e. The van der Waals surface area contributed by atoms with Crippen molar-refractivity contribution in [1.82, 2.24) is 10.6 Å². The Labute approximate surface area is 104 Å². The van der Waals surface area contributed by atoms with E-state index in [9.17, 15) is 4.79 Å². The number of amides is 1. The van der Waals surface area contributed by atoms with Gasteiger partial charge in [0, 0.05) is 12.6 Å². The summed E-state index contributed by atoms with van der Waals surface area (Å²) in [6.45, 7) is 3.16. The number of fused-ring (bicyclic) bond motifs is 1. The average molecular weight is 236 g/mol. The molecule has 3 aliphatic rings. The fourth-order valence-electron chi connectivity index (χ4n) is 3.56. The summed E-state index contributed by atoms with van der Waals surface area (Å²) >= 11 is 0. The Balaban J connectivity index is 1.46. The van der Waals surface area contributed by atoms with E-state index >= 15 is 0 Å². The molecule has 2 N–H and O–H groups in total. The molecule has 5 unspecified atom stereocenters. The monoisotopic (exact) mass is 236 g/mol. The summed E-state index contributed by atoms with van der Waals surface area (Å²) in [6.07, 6.45) is 7.65. The van der Waals surface area contributed by atoms with E-state index in [1.54, 1.807) is 0 Å². The van der Waals surface area contributed by atoms with Crippen molar-refractivity contribution < 1.29 is 4.79 Å². The summed E-state index contributed by atoms with van der Waals surface area (Å²) in [6, 6.07) is 0.719. The van der Waals surface area contributed by atoms with Crippen molar-refractivity contribution in [2.75, 3.05) is 6.54 Å². The van der Waals surface area contributed by atoms with Gasteiger partial charge in [-0.3, -0.25) is 4.79 Å². The molecule has 0 radical (unpaired) electrons. The molecule has 0 spiro atoms. The lowest BCUT2D eigenvalue weighted by Crippen LogP contribution is -2.43. The lowest BCUT2D eigenvalue weighted by atomic mass is 9.85. The van der Waals surface area contributed by atoms with Gasteiger partial charge >= 0.3 is 0 Å². The van der Waals surface area contributed by atoms with E-state index in [4.69, 9.17) is 0 Å². The first kappa shape index (κ1) is 11.5. The van der Waals surface area contributed by atoms with Crippen LogP contribution in [0.2, 0.25) is 0 Å². The molecule has 0 aromatic rings. The van der Waals surface area contributed by atoms with E-state index in [0.29, 0.717) is 6.04 Å². The van der Waals surface area contributed by atoms with Gasteiger partial charge in [0.05, 0.1) is 6.04 Å². The van der Waals surface area contributed by atoms with Crippen molar-refractivity contribution in [2.24, 2.45) is 17.8 Å². The Hall–Kier alpha value is -0.570. The predicted molar refractivity (Wildman–Crippen MR) is 67.6 cm³/mol. The lowest BCUT2D eigenvalue weighted by Gasteiger charge is -2.24. The summed E-state index contributed by atoms with van der Waals surface area (Å²) in [5.74, 6) is 2.59. The Kier molecular flexibility index (Phi) is 3.12. The van der Waals surface area contributed by atoms with Crippen molar-refractivity contribution in [3.63, 3.8) is 0 Å². The minimum atomic E-state index is 0.0946. The molecule has 5 atom stereocenters. The molecule has 3 fully saturated rings. The number of hydrogen-bond donors (Lipinski definition) is 2. The summed E-state index contributed by atoms with van der Waals surface area (Å²) in [4.78, 5) is 12.1. The fraction of sp³-hybridized carbons (Fsp3) is 0.929. The average Bonchev–Trinajstić information content (AvgIpc) is 2.89. The molecule has 0 aromatic heterocycles. The zero-order valence-electron chi connectivity index (χ0n) is 10.7. The van der Waals surface area contributed by atoms with Gasteiger partial charge < -0.3 is 10.6 Å². The third kappa shape index (κ3) is 2.49. The van der Waals surface area contributed by atoms with Crippen LogP contribution in [0, 0.1) is 17.8 Å². The van der Waals surface area contributed by atoms with Crippen LogP contribution in [0.1, 0.15) is 45.4 Å². The first-order valence-corrected chi connectivity index (χ1v) is 7.28. The number of carbonyl (C=O) groups excluding carboxylic acids is 1. The van der Waals surface area contributed by atoms with Crippen molar-refractivity contribution in [3.8, 4) is 0 Å². The van der Waals surface area contributed by atoms with Crippen LogP contribution in [0.5, 0.6) is 0 Å². The summed E-state index contributed by atoms with van der Waals surface area (Å²) in [7, 11) is 0. The molecule has 1 amide bonds. The highest BCUT2D eigenvalue weighted by Gasteiger charge is 2.39. The van der Waals surface area contributed by atoms with Crippen LogP contribution in [-0.4, -0.2) is 24.5 Å². The molecule has 3 nitrogen and oxygen atoms in total. The maximum Gasteiger partial charge on any atom is 0.237 e. The van der Waals surface area contributed by atoms with Gasteiger partial charge in [0.15, 0.2) is 0 Å². The molecular weight excluding hydrogens is 212 g/mol. The van der Waals surface area contributed by atoms with Gasteiger partial charge in [-0.25, -0.2) is 0 Å². The molecule has 1 aliphatic heterocycles. The van der Waals surface area contributed by atoms with Gasteiger partial charge in [-0.05, 0) is 43.4 Å². The minimum absolute atomic E-state index is 0.0946. The van der Waals surface area contributed by atoms with E-state index in [1.165, 1.54) is 32.1 Å². The van der Waals surface area contributed by atoms with Crippen molar-refractivity contribution in [3.05, 3.63) is 0 Å². The molecule has 3 heteroatoms. The largest absolute Gasteiger partial charge is 0.354 e. The molecule has 3 rings (SSSR count). The Bertz CT molecular complexity index is 291. The fourth-order valence-corrected chi connectivity index (χ4v) is 3.56. The molecule has 0 aromatic carbocycles. The van der Waals surface area contributed by atoms with Crippen LogP contribution in [0.4, 0.5) is 0 Å². The summed E-state index contributed by atoms with van der Waals surface area (Å²) in [5, 5.41) is 6.66. The molecular formula is C14H24N2O. The maximum atomic E-state index is 12.1. The van der Waals surface area contributed by atoms with E-state index in [2.05, 4.69) is 17.6 Å². The zero-order valence-corrected chi connectivity index (χ0v) is 10.7. The van der Waals surface area contributed by atoms with E-state index in [1.807, 2.05) is 0 Å². The van der Waals surface area contributed by atoms with Crippen molar-refractivity contribution in [2.45, 2.75) is 57.5 Å². The molecule has 1 heterocycles. The highest BCUT2D eigenvalue weighted by atomic mass is 16.2. The van der Waals surface area contributed by atoms with Crippen LogP contribution in [0.3, 0.4) is 0 Å². The molecule has 17 heavy (non-hydrogen) atoms. The van der Waals surface area contributed by atoms with E-state index < -0.39 is 0 Å². The quantitative estimate of drug-likeness (QED) is 0.783. The minimum Gasteiger partial charge on any atom is -0.354 e. The van der Waals surface area contributed by atoms with Crippen LogP contribution in [0.25, 0.3) is 0 Å². The summed E-state index contributed by atoms with van der Waals surface area (Å²) in [5.41, 5.74) is 0. The third-order valence-corrected chi connectivity index (χ3v) is 4.99. The second-order valence-corrected chi connectivity index (χ2v) is 6.32. The van der Waals surface area contributed by atoms with Crippen molar-refractivity contribution in [1.29, 1.82) is 0 Å². The topological polar surface area (TPSA) is 41.1 Å². The SMILES string of the molecule is CC1CC1CNC(=O)C1CC2CCCCC2N1. The van der Waals surface area contributed by atoms with E-state index in [0.717, 1.165) is 30.7 Å². The van der Waals surface area contributed by atoms with Gasteiger partial charge in [-0.2, -0.15) is 0 Å². The van der Waals surface area contributed by atoms with Crippen LogP contribution in [0.15, 0.2) is 0 Å². The lowest BCUT2D eigenvalue weighted by molar-refractivity contribution is -0.122. The van der Waals surface area contributed by atoms with Gasteiger partial charge in [0.25, 0.3) is 0 Å². The zero-order chi connectivity index (χ0) is 11.8. The number of rotatable bonds is 3. The van der Waals surface area contributed by atoms with Crippen LogP contribution in [-0.2, 0) is 4.79 Å². The van der Waals surface area contributed by atoms with Gasteiger partial charge in [0.2, 0.25) is 5.91 Å². The normalized spacial score (nSPS) is 44.2. The molecule has 96 valence electrons. The number of carbonyl (C=O) groups is 1. The predicted octanol–water partition coefficient (Wildman–Crippen LogP) is 1.68. The maximum absolute atomic E-state index is 12.1. The van der Waals surface area contributed by atoms with Gasteiger partial charge in [-0.15, -0.1) is 0 Å². The van der Waals surface area contributed by atoms with Gasteiger partial charge in [0.1, 0.15) is 0 Å². The standard InChI is InChI=1S/C14H24N2O/c1-9-6-11(9)8-15-14(17)13-7-10-4-2-3-5-12(10)16-13/h9-13,16H,2-8H2,1H3,(H,15,17). The molecule has 1 saturated heterocycles. The van der Waals surface area contributed by atoms with E-state index in [-0.39, 0.29) is 11.9 Å². The third-order valence-electron chi connectivity index (χ3n) is 4.99. The van der Waals surface area contributed by atoms with Crippen LogP contribution < -0.4 is 10.6 Å². The number of nitrogens with one attached hydrogen (secondary N) is 2. The Morgan fingerprint density at radius 3 is 2.76 bits per heavy atom. The molecule has 0 bridgehead atoms. The second kappa shape index (κ2) is 4.60. The highest BCUT2D eigenvalue weighted by molar-refractivity contribution is 5.82. The molecule has 2 saturated carbocycles. The highest BCUT2D eigenvalue weighted by Crippen LogP contribution is 2.37. The Morgan fingerprint density at radius 1 is 1.29 bits per heavy atom. The summed E-state index contributed by atoms with van der Waals surface area (Å²) < 4.78 is 0. The van der Waals surface area contributed by atoms with Crippen LogP contribution >= 0.6 is 0 Å². The second-order valence-electron chi connectivity index (χ2n) is 6.32. The molecule has 2 aliphatic carbocycles. The Morgan fingerprint density at radius 2 is 2.06 bits per heavy atom. The number of hydrogen-bond acceptors (Lipinski definition) is 2. The van der Waals surface area contributed by atoms with Crippen molar-refractivity contribution >= 4 is 5.91 Å². The first-order chi connectivity index (χ1) is 8.24. The first-order valence-electron chi connectivity index (χ1n) is 7.28. The van der Waals surface area contributed by atoms with Gasteiger partial charge in [-0.1, -0.05) is 19.8 Å².